The number of nitrogens with one attached hydrogen (secondary N) is 1. The SMILES string of the molecule is COCCCNC(=O)Cc1sc(C)nc1-c1cccs1. The number of thiazole rings is 1. The van der Waals surface area contributed by atoms with E-state index in [1.165, 1.54) is 0 Å². The number of nitrogens with zero attached hydrogens (tertiary/aromatic N) is 1. The van der Waals surface area contributed by atoms with Crippen molar-refractivity contribution in [1.29, 1.82) is 0 Å². The van der Waals surface area contributed by atoms with E-state index in [0.29, 0.717) is 19.6 Å². The van der Waals surface area contributed by atoms with Crippen molar-refractivity contribution < 1.29 is 9.53 Å². The lowest BCUT2D eigenvalue weighted by Crippen LogP contribution is -2.26. The Labute approximate surface area is 126 Å². The van der Waals surface area contributed by atoms with Gasteiger partial charge in [0.15, 0.2) is 0 Å². The van der Waals surface area contributed by atoms with E-state index in [4.69, 9.17) is 4.74 Å². The fraction of sp³-hybridized carbons (Fsp3) is 0.429. The molecule has 0 saturated heterocycles. The van der Waals surface area contributed by atoms with Gasteiger partial charge in [0.25, 0.3) is 0 Å². The molecular weight excluding hydrogens is 292 g/mol. The molecule has 0 atom stereocenters. The first-order chi connectivity index (χ1) is 9.70. The van der Waals surface area contributed by atoms with Gasteiger partial charge in [0, 0.05) is 25.1 Å². The molecule has 4 nitrogen and oxygen atoms in total. The summed E-state index contributed by atoms with van der Waals surface area (Å²) >= 11 is 3.25. The minimum absolute atomic E-state index is 0.0440. The van der Waals surface area contributed by atoms with Crippen LogP contribution in [-0.4, -0.2) is 31.2 Å². The molecule has 0 aliphatic carbocycles. The summed E-state index contributed by atoms with van der Waals surface area (Å²) in [6.45, 7) is 3.29. The van der Waals surface area contributed by atoms with Crippen LogP contribution in [0.4, 0.5) is 0 Å². The molecule has 1 N–H and O–H groups in total. The average molecular weight is 310 g/mol. The van der Waals surface area contributed by atoms with Crippen molar-refractivity contribution >= 4 is 28.6 Å². The lowest BCUT2D eigenvalue weighted by Gasteiger charge is -2.04. The Kier molecular flexibility index (Phi) is 5.70. The molecule has 6 heteroatoms. The molecule has 0 spiro atoms. The van der Waals surface area contributed by atoms with Gasteiger partial charge in [0.05, 0.1) is 22.0 Å². The van der Waals surface area contributed by atoms with Gasteiger partial charge in [-0.3, -0.25) is 4.79 Å². The molecule has 20 heavy (non-hydrogen) atoms. The minimum Gasteiger partial charge on any atom is -0.385 e. The van der Waals surface area contributed by atoms with Crippen LogP contribution in [0.2, 0.25) is 0 Å². The Hall–Kier alpha value is -1.24. The van der Waals surface area contributed by atoms with E-state index in [-0.39, 0.29) is 5.91 Å². The van der Waals surface area contributed by atoms with Gasteiger partial charge >= 0.3 is 0 Å². The standard InChI is InChI=1S/C14H18N2O2S2/c1-10-16-14(11-5-3-8-19-11)12(20-10)9-13(17)15-6-4-7-18-2/h3,5,8H,4,6-7,9H2,1-2H3,(H,15,17). The highest BCUT2D eigenvalue weighted by Crippen LogP contribution is 2.31. The molecule has 0 bridgehead atoms. The summed E-state index contributed by atoms with van der Waals surface area (Å²) in [5, 5.41) is 5.93. The van der Waals surface area contributed by atoms with Gasteiger partial charge in [-0.2, -0.15) is 0 Å². The lowest BCUT2D eigenvalue weighted by molar-refractivity contribution is -0.120. The van der Waals surface area contributed by atoms with Crippen LogP contribution in [0, 0.1) is 6.92 Å². The van der Waals surface area contributed by atoms with Crippen molar-refractivity contribution in [3.8, 4) is 10.6 Å². The molecular formula is C14H18N2O2S2. The normalized spacial score (nSPS) is 10.7. The number of aryl methyl sites for hydroxylation is 1. The maximum absolute atomic E-state index is 11.9. The van der Waals surface area contributed by atoms with Crippen molar-refractivity contribution in [1.82, 2.24) is 10.3 Å². The number of amides is 1. The molecule has 2 aromatic rings. The highest BCUT2D eigenvalue weighted by atomic mass is 32.1. The smallest absolute Gasteiger partial charge is 0.225 e. The van der Waals surface area contributed by atoms with Gasteiger partial charge < -0.3 is 10.1 Å². The summed E-state index contributed by atoms with van der Waals surface area (Å²) in [5.74, 6) is 0.0440. The van der Waals surface area contributed by atoms with Crippen LogP contribution >= 0.6 is 22.7 Å². The fourth-order valence-corrected chi connectivity index (χ4v) is 3.60. The van der Waals surface area contributed by atoms with Crippen LogP contribution < -0.4 is 5.32 Å². The first kappa shape index (κ1) is 15.2. The number of aromatic nitrogens is 1. The van der Waals surface area contributed by atoms with Crippen LogP contribution in [0.1, 0.15) is 16.3 Å². The Morgan fingerprint density at radius 1 is 1.50 bits per heavy atom. The third kappa shape index (κ3) is 4.13. The number of hydrogen-bond donors (Lipinski definition) is 1. The predicted octanol–water partition coefficient (Wildman–Crippen LogP) is 2.88. The monoisotopic (exact) mass is 310 g/mol. The number of thiophene rings is 1. The van der Waals surface area contributed by atoms with Crippen LogP contribution in [0.15, 0.2) is 17.5 Å². The van der Waals surface area contributed by atoms with Crippen LogP contribution in [0.5, 0.6) is 0 Å². The average Bonchev–Trinajstić information content (AvgIpc) is 3.04. The van der Waals surface area contributed by atoms with Gasteiger partial charge in [-0.05, 0) is 24.8 Å². The van der Waals surface area contributed by atoms with E-state index in [1.54, 1.807) is 29.8 Å². The molecule has 0 aliphatic rings. The summed E-state index contributed by atoms with van der Waals surface area (Å²) < 4.78 is 4.96. The van der Waals surface area contributed by atoms with Crippen molar-refractivity contribution in [2.45, 2.75) is 19.8 Å². The number of carbonyl (C=O) groups is 1. The molecule has 1 amide bonds. The van der Waals surface area contributed by atoms with Gasteiger partial charge in [-0.25, -0.2) is 4.98 Å². The highest BCUT2D eigenvalue weighted by molar-refractivity contribution is 7.15. The molecule has 0 unspecified atom stereocenters. The molecule has 0 aromatic carbocycles. The zero-order valence-electron chi connectivity index (χ0n) is 11.6. The first-order valence-corrected chi connectivity index (χ1v) is 8.16. The van der Waals surface area contributed by atoms with Gasteiger partial charge in [-0.1, -0.05) is 6.07 Å². The van der Waals surface area contributed by atoms with E-state index in [1.807, 2.05) is 24.4 Å². The molecule has 2 rings (SSSR count). The van der Waals surface area contributed by atoms with Crippen LogP contribution in [0.3, 0.4) is 0 Å². The predicted molar refractivity (Wildman–Crippen MR) is 83.4 cm³/mol. The number of rotatable bonds is 7. The molecule has 108 valence electrons. The van der Waals surface area contributed by atoms with Gasteiger partial charge in [0.2, 0.25) is 5.91 Å². The third-order valence-corrected chi connectivity index (χ3v) is 4.57. The zero-order chi connectivity index (χ0) is 14.4. The summed E-state index contributed by atoms with van der Waals surface area (Å²) in [4.78, 5) is 18.6. The second-order valence-electron chi connectivity index (χ2n) is 4.36. The van der Waals surface area contributed by atoms with Crippen LogP contribution in [0.25, 0.3) is 10.6 Å². The maximum atomic E-state index is 11.9. The van der Waals surface area contributed by atoms with Crippen molar-refractivity contribution in [3.63, 3.8) is 0 Å². The molecule has 0 saturated carbocycles. The topological polar surface area (TPSA) is 51.2 Å². The Morgan fingerprint density at radius 3 is 3.05 bits per heavy atom. The fourth-order valence-electron chi connectivity index (χ4n) is 1.85. The Balaban J connectivity index is 1.97. The van der Waals surface area contributed by atoms with E-state index >= 15 is 0 Å². The Morgan fingerprint density at radius 2 is 2.35 bits per heavy atom. The van der Waals surface area contributed by atoms with E-state index in [2.05, 4.69) is 10.3 Å². The van der Waals surface area contributed by atoms with E-state index in [0.717, 1.165) is 26.9 Å². The van der Waals surface area contributed by atoms with Crippen molar-refractivity contribution in [3.05, 3.63) is 27.4 Å². The maximum Gasteiger partial charge on any atom is 0.225 e. The molecule has 0 radical (unpaired) electrons. The molecule has 0 fully saturated rings. The quantitative estimate of drug-likeness (QED) is 0.800. The number of methoxy groups -OCH3 is 1. The summed E-state index contributed by atoms with van der Waals surface area (Å²) in [5.41, 5.74) is 0.953. The second-order valence-corrected chi connectivity index (χ2v) is 6.59. The van der Waals surface area contributed by atoms with Gasteiger partial charge in [-0.15, -0.1) is 22.7 Å². The van der Waals surface area contributed by atoms with Gasteiger partial charge in [0.1, 0.15) is 0 Å². The number of ether oxygens (including phenoxy) is 1. The summed E-state index contributed by atoms with van der Waals surface area (Å²) in [6, 6.07) is 4.04. The van der Waals surface area contributed by atoms with E-state index < -0.39 is 0 Å². The molecule has 2 heterocycles. The van der Waals surface area contributed by atoms with E-state index in [9.17, 15) is 4.79 Å². The Bertz CT molecular complexity index is 550. The largest absolute Gasteiger partial charge is 0.385 e. The lowest BCUT2D eigenvalue weighted by atomic mass is 10.2. The van der Waals surface area contributed by atoms with Crippen molar-refractivity contribution in [2.75, 3.05) is 20.3 Å². The zero-order valence-corrected chi connectivity index (χ0v) is 13.3. The number of hydrogen-bond acceptors (Lipinski definition) is 5. The third-order valence-electron chi connectivity index (χ3n) is 2.73. The van der Waals surface area contributed by atoms with Crippen LogP contribution in [-0.2, 0) is 16.0 Å². The second kappa shape index (κ2) is 7.52. The first-order valence-electron chi connectivity index (χ1n) is 6.46. The summed E-state index contributed by atoms with van der Waals surface area (Å²) in [6.07, 6.45) is 1.23. The number of carbonyl (C=O) groups excluding carboxylic acids is 1. The van der Waals surface area contributed by atoms with Crippen molar-refractivity contribution in [2.24, 2.45) is 0 Å². The minimum atomic E-state index is 0.0440. The molecule has 0 aliphatic heterocycles. The molecule has 2 aromatic heterocycles. The highest BCUT2D eigenvalue weighted by Gasteiger charge is 2.15. The summed E-state index contributed by atoms with van der Waals surface area (Å²) in [7, 11) is 1.66.